The summed E-state index contributed by atoms with van der Waals surface area (Å²) in [6, 6.07) is 7.03. The third kappa shape index (κ3) is 5.83. The number of H-pyrrole nitrogens is 1. The lowest BCUT2D eigenvalue weighted by Crippen LogP contribution is -2.14. The van der Waals surface area contributed by atoms with Crippen LogP contribution in [0.1, 0.15) is 49.4 Å². The van der Waals surface area contributed by atoms with Crippen LogP contribution in [0, 0.1) is 0 Å². The number of rotatable bonds is 10. The van der Waals surface area contributed by atoms with Gasteiger partial charge >= 0.3 is 0 Å². The summed E-state index contributed by atoms with van der Waals surface area (Å²) >= 11 is 0. The van der Waals surface area contributed by atoms with Gasteiger partial charge in [-0.25, -0.2) is 5.10 Å². The maximum atomic E-state index is 12.1. The number of carbonyl (C=O) groups excluding carboxylic acids is 2. The first kappa shape index (κ1) is 17.7. The second-order valence-corrected chi connectivity index (χ2v) is 5.39. The molecule has 0 atom stereocenters. The Morgan fingerprint density at radius 2 is 1.96 bits per heavy atom. The quantitative estimate of drug-likeness (QED) is 0.515. The highest BCUT2D eigenvalue weighted by Crippen LogP contribution is 2.15. The second-order valence-electron chi connectivity index (χ2n) is 5.39. The highest BCUT2D eigenvalue weighted by molar-refractivity contribution is 5.99. The molecule has 0 bridgehead atoms. The Morgan fingerprint density at radius 3 is 2.62 bits per heavy atom. The number of benzene rings is 1. The average molecular weight is 330 g/mol. The lowest BCUT2D eigenvalue weighted by Gasteiger charge is -2.06. The van der Waals surface area contributed by atoms with Gasteiger partial charge in [0, 0.05) is 18.4 Å². The van der Waals surface area contributed by atoms with Crippen LogP contribution < -0.4 is 10.1 Å². The fourth-order valence-electron chi connectivity index (χ4n) is 2.11. The molecule has 2 N–H and O–H groups in total. The molecule has 128 valence electrons. The minimum atomic E-state index is -0.282. The van der Waals surface area contributed by atoms with E-state index in [2.05, 4.69) is 27.4 Å². The van der Waals surface area contributed by atoms with Crippen LogP contribution in [-0.4, -0.2) is 33.5 Å². The van der Waals surface area contributed by atoms with Crippen molar-refractivity contribution in [1.29, 1.82) is 0 Å². The van der Waals surface area contributed by atoms with Gasteiger partial charge < -0.3 is 4.74 Å². The molecule has 24 heavy (non-hydrogen) atoms. The van der Waals surface area contributed by atoms with Gasteiger partial charge in [-0.2, -0.15) is 10.1 Å². The highest BCUT2D eigenvalue weighted by atomic mass is 16.5. The second kappa shape index (κ2) is 9.44. The van der Waals surface area contributed by atoms with E-state index in [1.165, 1.54) is 6.33 Å². The van der Waals surface area contributed by atoms with Gasteiger partial charge in [0.15, 0.2) is 5.78 Å². The summed E-state index contributed by atoms with van der Waals surface area (Å²) < 4.78 is 5.61. The van der Waals surface area contributed by atoms with E-state index in [-0.39, 0.29) is 30.5 Å². The van der Waals surface area contributed by atoms with Crippen LogP contribution in [0.5, 0.6) is 5.75 Å². The minimum Gasteiger partial charge on any atom is -0.494 e. The van der Waals surface area contributed by atoms with Gasteiger partial charge in [0.25, 0.3) is 0 Å². The number of carbonyl (C=O) groups is 2. The fourth-order valence-corrected chi connectivity index (χ4v) is 2.11. The van der Waals surface area contributed by atoms with E-state index < -0.39 is 0 Å². The summed E-state index contributed by atoms with van der Waals surface area (Å²) in [5.74, 6) is 0.666. The van der Waals surface area contributed by atoms with E-state index >= 15 is 0 Å². The van der Waals surface area contributed by atoms with Crippen molar-refractivity contribution < 1.29 is 14.3 Å². The molecule has 1 aromatic heterocycles. The maximum absolute atomic E-state index is 12.1. The SMILES string of the molecule is CCCCCOc1ccc(C(=O)CCC(=O)Nc2ncn[nH]2)cc1. The standard InChI is InChI=1S/C17H22N4O3/c1-2-3-4-11-24-14-7-5-13(6-8-14)15(22)9-10-16(23)20-17-18-12-19-21-17/h5-8,12H,2-4,9-11H2,1H3,(H2,18,19,20,21,23). The van der Waals surface area contributed by atoms with Crippen LogP contribution >= 0.6 is 0 Å². The largest absolute Gasteiger partial charge is 0.494 e. The van der Waals surface area contributed by atoms with Gasteiger partial charge in [-0.3, -0.25) is 14.9 Å². The number of hydrogen-bond donors (Lipinski definition) is 2. The number of ketones is 1. The zero-order valence-corrected chi connectivity index (χ0v) is 13.7. The molecule has 7 heteroatoms. The van der Waals surface area contributed by atoms with E-state index in [1.54, 1.807) is 24.3 Å². The number of anilines is 1. The first-order chi connectivity index (χ1) is 11.7. The predicted molar refractivity (Wildman–Crippen MR) is 90.0 cm³/mol. The zero-order valence-electron chi connectivity index (χ0n) is 13.7. The van der Waals surface area contributed by atoms with Gasteiger partial charge in [-0.1, -0.05) is 19.8 Å². The van der Waals surface area contributed by atoms with Gasteiger partial charge in [0.05, 0.1) is 6.61 Å². The Bertz CT molecular complexity index is 638. The van der Waals surface area contributed by atoms with Crippen molar-refractivity contribution in [2.75, 3.05) is 11.9 Å². The molecule has 0 aliphatic heterocycles. The molecule has 0 spiro atoms. The van der Waals surface area contributed by atoms with Gasteiger partial charge in [-0.15, -0.1) is 0 Å². The predicted octanol–water partition coefficient (Wildman–Crippen LogP) is 2.98. The molecule has 0 aliphatic rings. The molecule has 0 fully saturated rings. The number of aromatic nitrogens is 3. The molecule has 1 amide bonds. The van der Waals surface area contributed by atoms with Crippen molar-refractivity contribution in [2.24, 2.45) is 0 Å². The summed E-state index contributed by atoms with van der Waals surface area (Å²) in [4.78, 5) is 27.6. The summed E-state index contributed by atoms with van der Waals surface area (Å²) in [7, 11) is 0. The normalized spacial score (nSPS) is 10.4. The number of Topliss-reactive ketones (excluding diaryl/α,β-unsaturated/α-hetero) is 1. The summed E-state index contributed by atoms with van der Waals surface area (Å²) in [5, 5.41) is 8.69. The average Bonchev–Trinajstić information content (AvgIpc) is 3.10. The topological polar surface area (TPSA) is 97.0 Å². The van der Waals surface area contributed by atoms with E-state index in [0.29, 0.717) is 12.2 Å². The molecule has 2 rings (SSSR count). The molecular formula is C17H22N4O3. The Morgan fingerprint density at radius 1 is 1.17 bits per heavy atom. The highest BCUT2D eigenvalue weighted by Gasteiger charge is 2.10. The molecule has 0 saturated heterocycles. The Labute approximate surface area is 140 Å². The Balaban J connectivity index is 1.74. The van der Waals surface area contributed by atoms with E-state index in [1.807, 2.05) is 0 Å². The lowest BCUT2D eigenvalue weighted by molar-refractivity contribution is -0.116. The molecule has 1 heterocycles. The number of amides is 1. The monoisotopic (exact) mass is 330 g/mol. The molecule has 0 aliphatic carbocycles. The molecule has 7 nitrogen and oxygen atoms in total. The van der Waals surface area contributed by atoms with Crippen molar-refractivity contribution in [3.8, 4) is 5.75 Å². The van der Waals surface area contributed by atoms with E-state index in [9.17, 15) is 9.59 Å². The van der Waals surface area contributed by atoms with Crippen LogP contribution in [0.15, 0.2) is 30.6 Å². The number of ether oxygens (including phenoxy) is 1. The van der Waals surface area contributed by atoms with E-state index in [0.717, 1.165) is 25.0 Å². The van der Waals surface area contributed by atoms with Crippen LogP contribution in [0.4, 0.5) is 5.95 Å². The van der Waals surface area contributed by atoms with Crippen LogP contribution in [-0.2, 0) is 4.79 Å². The van der Waals surface area contributed by atoms with Crippen LogP contribution in [0.2, 0.25) is 0 Å². The molecule has 0 saturated carbocycles. The number of hydrogen-bond acceptors (Lipinski definition) is 5. The van der Waals surface area contributed by atoms with Crippen molar-refractivity contribution in [3.63, 3.8) is 0 Å². The third-order valence-corrected chi connectivity index (χ3v) is 3.44. The number of nitrogens with zero attached hydrogens (tertiary/aromatic N) is 2. The molecule has 1 aromatic carbocycles. The number of nitrogens with one attached hydrogen (secondary N) is 2. The summed E-state index contributed by atoms with van der Waals surface area (Å²) in [6.45, 7) is 2.83. The fraction of sp³-hybridized carbons (Fsp3) is 0.412. The summed E-state index contributed by atoms with van der Waals surface area (Å²) in [6.07, 6.45) is 4.85. The van der Waals surface area contributed by atoms with Gasteiger partial charge in [-0.05, 0) is 30.7 Å². The van der Waals surface area contributed by atoms with Crippen LogP contribution in [0.3, 0.4) is 0 Å². The zero-order chi connectivity index (χ0) is 17.2. The first-order valence-electron chi connectivity index (χ1n) is 8.10. The van der Waals surface area contributed by atoms with Crippen LogP contribution in [0.25, 0.3) is 0 Å². The Kier molecular flexibility index (Phi) is 6.94. The smallest absolute Gasteiger partial charge is 0.227 e. The molecule has 2 aromatic rings. The summed E-state index contributed by atoms with van der Waals surface area (Å²) in [5.41, 5.74) is 0.573. The van der Waals surface area contributed by atoms with Crippen molar-refractivity contribution >= 4 is 17.6 Å². The minimum absolute atomic E-state index is 0.0831. The number of aromatic amines is 1. The molecule has 0 radical (unpaired) electrons. The molecule has 0 unspecified atom stereocenters. The van der Waals surface area contributed by atoms with Gasteiger partial charge in [0.2, 0.25) is 11.9 Å². The Hall–Kier alpha value is -2.70. The maximum Gasteiger partial charge on any atom is 0.227 e. The van der Waals surface area contributed by atoms with Crippen molar-refractivity contribution in [2.45, 2.75) is 39.0 Å². The lowest BCUT2D eigenvalue weighted by atomic mass is 10.1. The first-order valence-corrected chi connectivity index (χ1v) is 8.10. The van der Waals surface area contributed by atoms with Gasteiger partial charge in [0.1, 0.15) is 12.1 Å². The number of unbranched alkanes of at least 4 members (excludes halogenated alkanes) is 2. The van der Waals surface area contributed by atoms with Crippen molar-refractivity contribution in [3.05, 3.63) is 36.2 Å². The molecular weight excluding hydrogens is 308 g/mol. The van der Waals surface area contributed by atoms with Crippen molar-refractivity contribution in [1.82, 2.24) is 15.2 Å². The van der Waals surface area contributed by atoms with E-state index in [4.69, 9.17) is 4.74 Å². The third-order valence-electron chi connectivity index (χ3n) is 3.44.